The van der Waals surface area contributed by atoms with E-state index in [1.165, 1.54) is 0 Å². The van der Waals surface area contributed by atoms with E-state index in [1.54, 1.807) is 36.5 Å². The topological polar surface area (TPSA) is 117 Å². The number of benzene rings is 1. The maximum absolute atomic E-state index is 12.9. The van der Waals surface area contributed by atoms with Gasteiger partial charge in [-0.05, 0) is 56.0 Å². The highest BCUT2D eigenvalue weighted by Crippen LogP contribution is 2.26. The second-order valence-electron chi connectivity index (χ2n) is 6.82. The van der Waals surface area contributed by atoms with Crippen LogP contribution in [0, 0.1) is 0 Å². The first-order valence-electron chi connectivity index (χ1n) is 8.80. The van der Waals surface area contributed by atoms with Gasteiger partial charge in [-0.3, -0.25) is 9.89 Å². The van der Waals surface area contributed by atoms with E-state index >= 15 is 0 Å². The Morgan fingerprint density at radius 2 is 1.92 bits per heavy atom. The normalized spacial score (nSPS) is 20.2. The predicted molar refractivity (Wildman–Crippen MR) is 98.7 cm³/mol. The molecule has 1 saturated carbocycles. The lowest BCUT2D eigenvalue weighted by Crippen LogP contribution is -2.40. The number of carbonyl (C=O) groups is 1. The minimum atomic E-state index is -0.126. The van der Waals surface area contributed by atoms with Gasteiger partial charge in [0, 0.05) is 17.6 Å². The second-order valence-corrected chi connectivity index (χ2v) is 6.82. The summed E-state index contributed by atoms with van der Waals surface area (Å²) in [4.78, 5) is 17.4. The van der Waals surface area contributed by atoms with Gasteiger partial charge in [0.05, 0.1) is 22.8 Å². The maximum Gasteiger partial charge on any atom is 0.252 e. The number of nitrogens with zero attached hydrogens (tertiary/aromatic N) is 2. The molecule has 1 aliphatic carbocycles. The van der Waals surface area contributed by atoms with Crippen LogP contribution in [0.3, 0.4) is 0 Å². The van der Waals surface area contributed by atoms with Gasteiger partial charge in [0.1, 0.15) is 5.75 Å². The van der Waals surface area contributed by atoms with Gasteiger partial charge in [-0.25, -0.2) is 4.98 Å². The molecule has 0 saturated heterocycles. The van der Waals surface area contributed by atoms with E-state index in [2.05, 4.69) is 20.5 Å². The molecule has 4 rings (SSSR count). The van der Waals surface area contributed by atoms with Crippen molar-refractivity contribution in [2.24, 2.45) is 5.73 Å². The highest BCUT2D eigenvalue weighted by atomic mass is 16.3. The van der Waals surface area contributed by atoms with E-state index in [0.29, 0.717) is 22.3 Å². The number of aromatic amines is 1. The molecular weight excluding hydrogens is 330 g/mol. The molecule has 0 atom stereocenters. The van der Waals surface area contributed by atoms with E-state index in [0.717, 1.165) is 31.2 Å². The lowest BCUT2D eigenvalue weighted by atomic mass is 9.91. The summed E-state index contributed by atoms with van der Waals surface area (Å²) in [5.41, 5.74) is 8.51. The average Bonchev–Trinajstić information content (AvgIpc) is 3.12. The fourth-order valence-corrected chi connectivity index (χ4v) is 3.42. The zero-order chi connectivity index (χ0) is 18.1. The van der Waals surface area contributed by atoms with Gasteiger partial charge in [-0.2, -0.15) is 5.10 Å². The summed E-state index contributed by atoms with van der Waals surface area (Å²) < 4.78 is 0. The van der Waals surface area contributed by atoms with Gasteiger partial charge in [-0.1, -0.05) is 0 Å². The molecule has 5 N–H and O–H groups in total. The van der Waals surface area contributed by atoms with Crippen molar-refractivity contribution in [3.8, 4) is 17.0 Å². The fourth-order valence-electron chi connectivity index (χ4n) is 3.42. The SMILES string of the molecule is NC1CCC(NC(=O)c2cc(-c3ccc(O)cc3)nc3[nH]ncc23)CC1. The Hall–Kier alpha value is -2.93. The third-order valence-electron chi connectivity index (χ3n) is 4.94. The highest BCUT2D eigenvalue weighted by Gasteiger charge is 2.22. The lowest BCUT2D eigenvalue weighted by molar-refractivity contribution is 0.0927. The summed E-state index contributed by atoms with van der Waals surface area (Å²) in [6, 6.07) is 8.89. The largest absolute Gasteiger partial charge is 0.508 e. The average molecular weight is 351 g/mol. The molecule has 26 heavy (non-hydrogen) atoms. The number of nitrogens with two attached hydrogens (primary N) is 1. The summed E-state index contributed by atoms with van der Waals surface area (Å²) in [7, 11) is 0. The molecule has 2 aromatic heterocycles. The number of hydrogen-bond acceptors (Lipinski definition) is 5. The number of H-pyrrole nitrogens is 1. The summed E-state index contributed by atoms with van der Waals surface area (Å²) in [6.45, 7) is 0. The smallest absolute Gasteiger partial charge is 0.252 e. The summed E-state index contributed by atoms with van der Waals surface area (Å²) in [5, 5.41) is 20.2. The molecule has 0 unspecified atom stereocenters. The van der Waals surface area contributed by atoms with Gasteiger partial charge < -0.3 is 16.2 Å². The van der Waals surface area contributed by atoms with Crippen molar-refractivity contribution in [2.75, 3.05) is 0 Å². The number of amides is 1. The number of carbonyl (C=O) groups excluding carboxylic acids is 1. The highest BCUT2D eigenvalue weighted by molar-refractivity contribution is 6.06. The van der Waals surface area contributed by atoms with E-state index in [4.69, 9.17) is 5.73 Å². The summed E-state index contributed by atoms with van der Waals surface area (Å²) in [5.74, 6) is 0.0594. The van der Waals surface area contributed by atoms with Crippen LogP contribution in [-0.4, -0.2) is 38.3 Å². The van der Waals surface area contributed by atoms with Crippen molar-refractivity contribution in [1.29, 1.82) is 0 Å². The van der Waals surface area contributed by atoms with Gasteiger partial charge in [0.2, 0.25) is 0 Å². The monoisotopic (exact) mass is 351 g/mol. The molecule has 1 amide bonds. The molecule has 1 aromatic carbocycles. The lowest BCUT2D eigenvalue weighted by Gasteiger charge is -2.26. The Morgan fingerprint density at radius 3 is 2.65 bits per heavy atom. The summed E-state index contributed by atoms with van der Waals surface area (Å²) >= 11 is 0. The standard InChI is InChI=1S/C19H21N5O2/c20-12-3-5-13(6-4-12)22-19(26)15-9-17(11-1-7-14(25)8-2-11)23-18-16(15)10-21-24-18/h1-2,7-10,12-13,25H,3-6,20H2,(H,22,26)(H,21,23,24). The molecule has 0 radical (unpaired) electrons. The molecule has 0 bridgehead atoms. The molecule has 134 valence electrons. The Kier molecular flexibility index (Phi) is 4.30. The van der Waals surface area contributed by atoms with E-state index in [9.17, 15) is 9.90 Å². The molecule has 0 spiro atoms. The number of aromatic hydroxyl groups is 1. The minimum Gasteiger partial charge on any atom is -0.508 e. The van der Waals surface area contributed by atoms with Crippen LogP contribution in [0.2, 0.25) is 0 Å². The van der Waals surface area contributed by atoms with Crippen LogP contribution in [0.1, 0.15) is 36.0 Å². The number of phenols is 1. The van der Waals surface area contributed by atoms with Crippen LogP contribution in [0.4, 0.5) is 0 Å². The van der Waals surface area contributed by atoms with Gasteiger partial charge in [0.25, 0.3) is 5.91 Å². The van der Waals surface area contributed by atoms with Gasteiger partial charge in [0.15, 0.2) is 5.65 Å². The van der Waals surface area contributed by atoms with Gasteiger partial charge in [-0.15, -0.1) is 0 Å². The molecule has 1 aliphatic rings. The Morgan fingerprint density at radius 1 is 1.19 bits per heavy atom. The van der Waals surface area contributed by atoms with Crippen molar-refractivity contribution in [3.05, 3.63) is 42.1 Å². The fraction of sp³-hybridized carbons (Fsp3) is 0.316. The molecular formula is C19H21N5O2. The number of fused-ring (bicyclic) bond motifs is 1. The van der Waals surface area contributed by atoms with Crippen LogP contribution in [0.15, 0.2) is 36.5 Å². The Bertz CT molecular complexity index is 927. The molecule has 1 fully saturated rings. The maximum atomic E-state index is 12.9. The number of rotatable bonds is 3. The van der Waals surface area contributed by atoms with Crippen LogP contribution >= 0.6 is 0 Å². The van der Waals surface area contributed by atoms with Crippen molar-refractivity contribution in [3.63, 3.8) is 0 Å². The first kappa shape index (κ1) is 16.5. The van der Waals surface area contributed by atoms with Crippen molar-refractivity contribution in [2.45, 2.75) is 37.8 Å². The van der Waals surface area contributed by atoms with Crippen LogP contribution in [0.5, 0.6) is 5.75 Å². The molecule has 2 heterocycles. The molecule has 7 nitrogen and oxygen atoms in total. The van der Waals surface area contributed by atoms with E-state index in [1.807, 2.05) is 0 Å². The third kappa shape index (κ3) is 3.25. The molecule has 7 heteroatoms. The van der Waals surface area contributed by atoms with Crippen LogP contribution in [0.25, 0.3) is 22.3 Å². The molecule has 3 aromatic rings. The van der Waals surface area contributed by atoms with Crippen LogP contribution < -0.4 is 11.1 Å². The second kappa shape index (κ2) is 6.76. The van der Waals surface area contributed by atoms with E-state index in [-0.39, 0.29) is 23.7 Å². The number of aromatic nitrogens is 3. The predicted octanol–water partition coefficient (Wildman–Crippen LogP) is 2.33. The Labute approximate surface area is 150 Å². The Balaban J connectivity index is 1.66. The van der Waals surface area contributed by atoms with Crippen molar-refractivity contribution < 1.29 is 9.90 Å². The zero-order valence-electron chi connectivity index (χ0n) is 14.3. The summed E-state index contributed by atoms with van der Waals surface area (Å²) in [6.07, 6.45) is 5.28. The van der Waals surface area contributed by atoms with Gasteiger partial charge >= 0.3 is 0 Å². The molecule has 0 aliphatic heterocycles. The van der Waals surface area contributed by atoms with E-state index < -0.39 is 0 Å². The van der Waals surface area contributed by atoms with Crippen LogP contribution in [-0.2, 0) is 0 Å². The number of phenolic OH excluding ortho intramolecular Hbond substituents is 1. The number of hydrogen-bond donors (Lipinski definition) is 4. The number of pyridine rings is 1. The minimum absolute atomic E-state index is 0.126. The zero-order valence-corrected chi connectivity index (χ0v) is 14.3. The third-order valence-corrected chi connectivity index (χ3v) is 4.94. The first-order chi connectivity index (χ1) is 12.6. The first-order valence-corrected chi connectivity index (χ1v) is 8.80. The van der Waals surface area contributed by atoms with Crippen molar-refractivity contribution in [1.82, 2.24) is 20.5 Å². The number of nitrogens with one attached hydrogen (secondary N) is 2. The van der Waals surface area contributed by atoms with Crippen molar-refractivity contribution >= 4 is 16.9 Å². The quantitative estimate of drug-likeness (QED) is 0.578.